The summed E-state index contributed by atoms with van der Waals surface area (Å²) in [5.74, 6) is -0.549. The normalized spacial score (nSPS) is 32.7. The molecule has 0 spiro atoms. The van der Waals surface area contributed by atoms with Crippen LogP contribution in [0, 0.1) is 5.92 Å². The molecule has 0 radical (unpaired) electrons. The lowest BCUT2D eigenvalue weighted by Gasteiger charge is -2.35. The van der Waals surface area contributed by atoms with Crippen molar-refractivity contribution in [1.29, 1.82) is 0 Å². The summed E-state index contributed by atoms with van der Waals surface area (Å²) in [4.78, 5) is 24.4. The van der Waals surface area contributed by atoms with E-state index in [0.717, 1.165) is 0 Å². The molecule has 2 fully saturated rings. The van der Waals surface area contributed by atoms with Crippen LogP contribution in [0.15, 0.2) is 12.7 Å². The maximum absolute atomic E-state index is 13.1. The van der Waals surface area contributed by atoms with Gasteiger partial charge in [0, 0.05) is 0 Å². The van der Waals surface area contributed by atoms with Gasteiger partial charge in [-0.3, -0.25) is 22.9 Å². The zero-order valence-corrected chi connectivity index (χ0v) is 19.8. The topological polar surface area (TPSA) is 176 Å². The van der Waals surface area contributed by atoms with E-state index in [9.17, 15) is 9.36 Å². The van der Waals surface area contributed by atoms with Crippen LogP contribution in [0.3, 0.4) is 0 Å². The minimum atomic E-state index is -3.92. The van der Waals surface area contributed by atoms with Gasteiger partial charge < -0.3 is 20.9 Å². The molecule has 0 aliphatic carbocycles. The second-order valence-corrected chi connectivity index (χ2v) is 10.4. The molecule has 182 valence electrons. The molecule has 6 atom stereocenters. The second-order valence-electron chi connectivity index (χ2n) is 8.75. The van der Waals surface area contributed by atoms with Crippen LogP contribution in [0.2, 0.25) is 0 Å². The molecule has 13 nitrogen and oxygen atoms in total. The van der Waals surface area contributed by atoms with Gasteiger partial charge in [-0.25, -0.2) is 19.5 Å². The lowest BCUT2D eigenvalue weighted by Crippen LogP contribution is -2.54. The fourth-order valence-electron chi connectivity index (χ4n) is 3.85. The number of carbonyl (C=O) groups is 1. The summed E-state index contributed by atoms with van der Waals surface area (Å²) in [6.07, 6.45) is 0.788. The van der Waals surface area contributed by atoms with Gasteiger partial charge in [-0.2, -0.15) is 0 Å². The van der Waals surface area contributed by atoms with Crippen molar-refractivity contribution in [2.24, 2.45) is 11.7 Å². The molecule has 2 aromatic heterocycles. The molecule has 0 bridgehead atoms. The predicted molar refractivity (Wildman–Crippen MR) is 116 cm³/mol. The highest BCUT2D eigenvalue weighted by Gasteiger charge is 2.59. The summed E-state index contributed by atoms with van der Waals surface area (Å²) in [7, 11) is -3.92. The molecule has 2 aliphatic heterocycles. The number of phosphoric ester groups is 1. The van der Waals surface area contributed by atoms with Crippen molar-refractivity contribution in [2.75, 3.05) is 18.9 Å². The van der Waals surface area contributed by atoms with E-state index in [1.807, 2.05) is 0 Å². The Kier molecular flexibility index (Phi) is 6.47. The van der Waals surface area contributed by atoms with Crippen molar-refractivity contribution in [1.82, 2.24) is 19.5 Å². The average Bonchev–Trinajstić information content (AvgIpc) is 3.27. The van der Waals surface area contributed by atoms with Crippen molar-refractivity contribution in [3.63, 3.8) is 0 Å². The van der Waals surface area contributed by atoms with Gasteiger partial charge in [0.05, 0.1) is 37.1 Å². The third-order valence-electron chi connectivity index (χ3n) is 5.62. The van der Waals surface area contributed by atoms with Gasteiger partial charge in [-0.15, -0.1) is 0 Å². The van der Waals surface area contributed by atoms with Crippen LogP contribution < -0.4 is 11.5 Å². The Bertz CT molecular complexity index is 1080. The first-order chi connectivity index (χ1) is 15.5. The Morgan fingerprint density at radius 2 is 2.12 bits per heavy atom. The van der Waals surface area contributed by atoms with Gasteiger partial charge >= 0.3 is 13.8 Å². The summed E-state index contributed by atoms with van der Waals surface area (Å²) in [5.41, 5.74) is 12.2. The lowest BCUT2D eigenvalue weighted by molar-refractivity contribution is -0.152. The number of phosphoric acid groups is 1. The number of rotatable bonds is 7. The molecule has 33 heavy (non-hydrogen) atoms. The van der Waals surface area contributed by atoms with Gasteiger partial charge in [-0.1, -0.05) is 6.92 Å². The van der Waals surface area contributed by atoms with Gasteiger partial charge in [0.15, 0.2) is 17.7 Å². The number of nitrogens with two attached hydrogens (primary N) is 2. The van der Waals surface area contributed by atoms with Crippen molar-refractivity contribution in [2.45, 2.75) is 64.2 Å². The smallest absolute Gasteiger partial charge is 0.463 e. The van der Waals surface area contributed by atoms with Crippen LogP contribution in [0.1, 0.15) is 40.3 Å². The number of ether oxygens (including phenoxy) is 2. The number of anilines is 1. The minimum Gasteiger partial charge on any atom is -0.463 e. The molecule has 0 saturated carbocycles. The Morgan fingerprint density at radius 1 is 1.36 bits per heavy atom. The Hall–Kier alpha value is -2.15. The van der Waals surface area contributed by atoms with E-state index in [1.54, 1.807) is 32.3 Å². The van der Waals surface area contributed by atoms with E-state index >= 15 is 0 Å². The van der Waals surface area contributed by atoms with E-state index in [1.165, 1.54) is 12.7 Å². The number of hydrogen-bond donors (Lipinski definition) is 2. The average molecular weight is 484 g/mol. The predicted octanol–water partition coefficient (Wildman–Crippen LogP) is 1.54. The van der Waals surface area contributed by atoms with E-state index < -0.39 is 37.7 Å². The monoisotopic (exact) mass is 484 g/mol. The highest BCUT2D eigenvalue weighted by molar-refractivity contribution is 7.48. The fourth-order valence-corrected chi connectivity index (χ4v) is 5.35. The number of imidazole rings is 1. The van der Waals surface area contributed by atoms with E-state index in [2.05, 4.69) is 15.0 Å². The highest BCUT2D eigenvalue weighted by Crippen LogP contribution is 2.58. The first-order valence-electron chi connectivity index (χ1n) is 10.7. The Labute approximate surface area is 190 Å². The molecular formula is C19H29N6O7P. The Morgan fingerprint density at radius 3 is 2.85 bits per heavy atom. The van der Waals surface area contributed by atoms with Crippen molar-refractivity contribution in [3.8, 4) is 0 Å². The summed E-state index contributed by atoms with van der Waals surface area (Å²) in [6, 6.07) is 0. The summed E-state index contributed by atoms with van der Waals surface area (Å²) in [6.45, 7) is 6.92. The summed E-state index contributed by atoms with van der Waals surface area (Å²) < 4.78 is 42.6. The number of nitrogens with zero attached hydrogens (tertiary/aromatic N) is 4. The molecule has 14 heteroatoms. The standard InChI is InChI=1S/C19H29N6O7P/c1-10(2)30-17(26)11(3)5-6-28-33(27)29-7-12-14(32-33)19(4,21)18(31-12)25-9-24-13-15(20)22-8-23-16(13)25/h8-12,14,18H,5-7,21H2,1-4H3,(H2,20,22,23)/t11-,12+,14+,18+,19+,33-/m0/s1. The highest BCUT2D eigenvalue weighted by atomic mass is 31.2. The first kappa shape index (κ1) is 24.0. The molecule has 4 rings (SSSR count). The molecule has 4 heterocycles. The third kappa shape index (κ3) is 4.61. The van der Waals surface area contributed by atoms with E-state index in [4.69, 9.17) is 34.5 Å². The van der Waals surface area contributed by atoms with E-state index in [0.29, 0.717) is 11.2 Å². The Balaban J connectivity index is 1.43. The number of fused-ring (bicyclic) bond motifs is 2. The SMILES string of the molecule is CC(C)OC(=O)[C@@H](C)CCO[P@@]1(=O)OC[C@H]2O[C@@H](n3cnc4c(N)ncnc43)[C@](C)(N)[C@@H]2O1. The van der Waals surface area contributed by atoms with E-state index in [-0.39, 0.29) is 37.5 Å². The molecule has 0 unspecified atom stereocenters. The molecule has 2 saturated heterocycles. The van der Waals surface area contributed by atoms with Gasteiger partial charge in [0.1, 0.15) is 24.1 Å². The summed E-state index contributed by atoms with van der Waals surface area (Å²) in [5, 5.41) is 0. The molecule has 2 aromatic rings. The third-order valence-corrected chi connectivity index (χ3v) is 7.07. The lowest BCUT2D eigenvalue weighted by atomic mass is 9.93. The molecule has 0 amide bonds. The number of carbonyl (C=O) groups excluding carboxylic acids is 1. The van der Waals surface area contributed by atoms with Crippen LogP contribution >= 0.6 is 7.82 Å². The maximum atomic E-state index is 13.1. The summed E-state index contributed by atoms with van der Waals surface area (Å²) >= 11 is 0. The van der Waals surface area contributed by atoms with Crippen LogP contribution in [0.5, 0.6) is 0 Å². The quantitative estimate of drug-likeness (QED) is 0.429. The van der Waals surface area contributed by atoms with Crippen LogP contribution in [0.4, 0.5) is 5.82 Å². The number of nitrogen functional groups attached to an aromatic ring is 1. The zero-order chi connectivity index (χ0) is 24.0. The molecule has 4 N–H and O–H groups in total. The fraction of sp³-hybridized carbons (Fsp3) is 0.684. The van der Waals surface area contributed by atoms with Crippen LogP contribution in [-0.2, 0) is 32.4 Å². The molecule has 2 aliphatic rings. The first-order valence-corrected chi connectivity index (χ1v) is 12.1. The van der Waals surface area contributed by atoms with Crippen molar-refractivity contribution >= 4 is 30.8 Å². The zero-order valence-electron chi connectivity index (χ0n) is 18.9. The van der Waals surface area contributed by atoms with Crippen molar-refractivity contribution in [3.05, 3.63) is 12.7 Å². The second kappa shape index (κ2) is 8.90. The largest absolute Gasteiger partial charge is 0.475 e. The van der Waals surface area contributed by atoms with Crippen molar-refractivity contribution < 1.29 is 32.4 Å². The maximum Gasteiger partial charge on any atom is 0.475 e. The van der Waals surface area contributed by atoms with Crippen LogP contribution in [0.25, 0.3) is 11.2 Å². The number of esters is 1. The number of aromatic nitrogens is 4. The number of hydrogen-bond acceptors (Lipinski definition) is 12. The molecule has 0 aromatic carbocycles. The molecular weight excluding hydrogens is 455 g/mol. The minimum absolute atomic E-state index is 0.0169. The van der Waals surface area contributed by atoms with Crippen LogP contribution in [-0.4, -0.2) is 62.6 Å². The van der Waals surface area contributed by atoms with Gasteiger partial charge in [0.2, 0.25) is 0 Å². The van der Waals surface area contributed by atoms with Gasteiger partial charge in [-0.05, 0) is 27.2 Å². The van der Waals surface area contributed by atoms with Gasteiger partial charge in [0.25, 0.3) is 0 Å².